The molecule has 29 heavy (non-hydrogen) atoms. The summed E-state index contributed by atoms with van der Waals surface area (Å²) >= 11 is 0. The fraction of sp³-hybridized carbons (Fsp3) is 0.409. The number of sulfonamides is 1. The van der Waals surface area contributed by atoms with Crippen molar-refractivity contribution in [3.63, 3.8) is 0 Å². The lowest BCUT2D eigenvalue weighted by molar-refractivity contribution is -0.122. The third-order valence-corrected chi connectivity index (χ3v) is 6.35. The third-order valence-electron chi connectivity index (χ3n) is 5.10. The highest BCUT2D eigenvalue weighted by Gasteiger charge is 2.30. The Kier molecular flexibility index (Phi) is 6.95. The first-order valence-corrected chi connectivity index (χ1v) is 11.3. The van der Waals surface area contributed by atoms with Gasteiger partial charge in [0.15, 0.2) is 0 Å². The van der Waals surface area contributed by atoms with Gasteiger partial charge in [0.25, 0.3) is 0 Å². The van der Waals surface area contributed by atoms with Gasteiger partial charge in [-0.2, -0.15) is 0 Å². The predicted molar refractivity (Wildman–Crippen MR) is 117 cm³/mol. The second-order valence-corrected chi connectivity index (χ2v) is 9.32. The van der Waals surface area contributed by atoms with Gasteiger partial charge in [0, 0.05) is 6.07 Å². The van der Waals surface area contributed by atoms with Crippen molar-refractivity contribution in [3.05, 3.63) is 58.7 Å². The molecule has 0 saturated carbocycles. The number of hydrogen-bond donors (Lipinski definition) is 1. The molecule has 0 aliphatic heterocycles. The van der Waals surface area contributed by atoms with Crippen molar-refractivity contribution in [2.45, 2.75) is 46.7 Å². The van der Waals surface area contributed by atoms with Gasteiger partial charge in [0.2, 0.25) is 15.9 Å². The van der Waals surface area contributed by atoms with E-state index < -0.39 is 16.1 Å². The van der Waals surface area contributed by atoms with Crippen LogP contribution in [0.15, 0.2) is 36.4 Å². The molecule has 158 valence electrons. The van der Waals surface area contributed by atoms with Crippen LogP contribution in [-0.4, -0.2) is 33.7 Å². The second-order valence-electron chi connectivity index (χ2n) is 7.46. The number of ether oxygens (including phenoxy) is 1. The van der Waals surface area contributed by atoms with E-state index in [0.29, 0.717) is 11.4 Å². The Bertz CT molecular complexity index is 1000. The Morgan fingerprint density at radius 3 is 2.24 bits per heavy atom. The zero-order valence-corrected chi connectivity index (χ0v) is 18.9. The highest BCUT2D eigenvalue weighted by molar-refractivity contribution is 7.92. The second kappa shape index (κ2) is 8.86. The van der Waals surface area contributed by atoms with Crippen LogP contribution in [-0.2, 0) is 14.8 Å². The highest BCUT2D eigenvalue weighted by atomic mass is 32.2. The molecule has 6 nitrogen and oxygen atoms in total. The third kappa shape index (κ3) is 5.29. The van der Waals surface area contributed by atoms with E-state index in [1.165, 1.54) is 12.7 Å². The van der Waals surface area contributed by atoms with E-state index >= 15 is 0 Å². The minimum Gasteiger partial charge on any atom is -0.497 e. The monoisotopic (exact) mass is 418 g/mol. The highest BCUT2D eigenvalue weighted by Crippen LogP contribution is 2.26. The summed E-state index contributed by atoms with van der Waals surface area (Å²) in [5.74, 6) is 0.145. The molecule has 0 unspecified atom stereocenters. The van der Waals surface area contributed by atoms with Gasteiger partial charge in [-0.15, -0.1) is 0 Å². The summed E-state index contributed by atoms with van der Waals surface area (Å²) in [6, 6.07) is 9.64. The Morgan fingerprint density at radius 2 is 1.66 bits per heavy atom. The summed E-state index contributed by atoms with van der Waals surface area (Å²) < 4.78 is 31.3. The van der Waals surface area contributed by atoms with Crippen LogP contribution < -0.4 is 14.4 Å². The van der Waals surface area contributed by atoms with Crippen molar-refractivity contribution in [2.24, 2.45) is 0 Å². The number of anilines is 1. The van der Waals surface area contributed by atoms with Crippen LogP contribution in [0.3, 0.4) is 0 Å². The van der Waals surface area contributed by atoms with Gasteiger partial charge in [0.05, 0.1) is 25.1 Å². The molecule has 0 radical (unpaired) electrons. The Morgan fingerprint density at radius 1 is 1.03 bits per heavy atom. The molecule has 0 aromatic heterocycles. The number of carbonyl (C=O) groups is 1. The van der Waals surface area contributed by atoms with E-state index in [4.69, 9.17) is 4.74 Å². The molecule has 0 heterocycles. The van der Waals surface area contributed by atoms with Gasteiger partial charge in [-0.3, -0.25) is 9.10 Å². The molecule has 2 rings (SSSR count). The molecule has 1 amide bonds. The SMILES string of the molecule is COc1cccc(N([C@H](C)C(=O)N[C@@H](C)c2cc(C)c(C)cc2C)S(C)(=O)=O)c1. The lowest BCUT2D eigenvalue weighted by Gasteiger charge is -2.29. The number of nitrogens with one attached hydrogen (secondary N) is 1. The quantitative estimate of drug-likeness (QED) is 0.745. The number of nitrogens with zero attached hydrogens (tertiary/aromatic N) is 1. The standard InChI is InChI=1S/C22H30N2O4S/c1-14-11-16(3)21(12-15(14)2)17(4)23-22(25)18(5)24(29(7,26)27)19-9-8-10-20(13-19)28-6/h8-13,17-18H,1-7H3,(H,23,25)/t17-,18+/m0/s1. The normalized spacial score (nSPS) is 13.5. The first-order chi connectivity index (χ1) is 13.5. The largest absolute Gasteiger partial charge is 0.497 e. The number of rotatable bonds is 7. The summed E-state index contributed by atoms with van der Waals surface area (Å²) in [5, 5.41) is 2.96. The Balaban J connectivity index is 2.31. The van der Waals surface area contributed by atoms with Crippen LogP contribution in [0.5, 0.6) is 5.75 Å². The van der Waals surface area contributed by atoms with Gasteiger partial charge in [0.1, 0.15) is 11.8 Å². The van der Waals surface area contributed by atoms with Crippen molar-refractivity contribution in [1.29, 1.82) is 0 Å². The van der Waals surface area contributed by atoms with Crippen LogP contribution in [0.25, 0.3) is 0 Å². The van der Waals surface area contributed by atoms with Crippen LogP contribution in [0.1, 0.15) is 42.1 Å². The number of benzene rings is 2. The maximum Gasteiger partial charge on any atom is 0.244 e. The molecule has 2 aromatic carbocycles. The van der Waals surface area contributed by atoms with Gasteiger partial charge in [-0.1, -0.05) is 18.2 Å². The summed E-state index contributed by atoms with van der Waals surface area (Å²) in [6.45, 7) is 9.57. The van der Waals surface area contributed by atoms with E-state index in [2.05, 4.69) is 24.4 Å². The predicted octanol–water partition coefficient (Wildman–Crippen LogP) is 3.65. The first-order valence-electron chi connectivity index (χ1n) is 9.47. The van der Waals surface area contributed by atoms with E-state index in [1.807, 2.05) is 20.8 Å². The molecule has 0 spiro atoms. The summed E-state index contributed by atoms with van der Waals surface area (Å²) in [4.78, 5) is 13.0. The van der Waals surface area contributed by atoms with Crippen LogP contribution in [0.2, 0.25) is 0 Å². The molecular weight excluding hydrogens is 388 g/mol. The minimum absolute atomic E-state index is 0.254. The molecular formula is C22H30N2O4S. The minimum atomic E-state index is -3.69. The summed E-state index contributed by atoms with van der Waals surface area (Å²) in [7, 11) is -2.18. The fourth-order valence-corrected chi connectivity index (χ4v) is 4.58. The van der Waals surface area contributed by atoms with Crippen molar-refractivity contribution in [1.82, 2.24) is 5.32 Å². The zero-order valence-electron chi connectivity index (χ0n) is 18.1. The maximum atomic E-state index is 13.0. The Hall–Kier alpha value is -2.54. The van der Waals surface area contributed by atoms with Crippen molar-refractivity contribution >= 4 is 21.6 Å². The molecule has 7 heteroatoms. The maximum absolute atomic E-state index is 13.0. The van der Waals surface area contributed by atoms with E-state index in [0.717, 1.165) is 27.3 Å². The first kappa shape index (κ1) is 22.7. The van der Waals surface area contributed by atoms with Gasteiger partial charge >= 0.3 is 0 Å². The van der Waals surface area contributed by atoms with E-state index in [-0.39, 0.29) is 11.9 Å². The van der Waals surface area contributed by atoms with Crippen LogP contribution >= 0.6 is 0 Å². The number of aryl methyl sites for hydroxylation is 3. The lowest BCUT2D eigenvalue weighted by atomic mass is 9.96. The Labute approximate surface area is 173 Å². The van der Waals surface area contributed by atoms with Crippen molar-refractivity contribution in [3.8, 4) is 5.75 Å². The number of carbonyl (C=O) groups excluding carboxylic acids is 1. The average molecular weight is 419 g/mol. The summed E-state index contributed by atoms with van der Waals surface area (Å²) in [6.07, 6.45) is 1.09. The molecule has 1 N–H and O–H groups in total. The lowest BCUT2D eigenvalue weighted by Crippen LogP contribution is -2.48. The van der Waals surface area contributed by atoms with Crippen molar-refractivity contribution in [2.75, 3.05) is 17.7 Å². The zero-order chi connectivity index (χ0) is 21.9. The van der Waals surface area contributed by atoms with Gasteiger partial charge in [-0.05, 0) is 69.0 Å². The molecule has 2 atom stereocenters. The van der Waals surface area contributed by atoms with Crippen molar-refractivity contribution < 1.29 is 17.9 Å². The molecule has 0 saturated heterocycles. The van der Waals surface area contributed by atoms with E-state index in [9.17, 15) is 13.2 Å². The van der Waals surface area contributed by atoms with Gasteiger partial charge < -0.3 is 10.1 Å². The number of hydrogen-bond acceptors (Lipinski definition) is 4. The van der Waals surface area contributed by atoms with Crippen LogP contribution in [0.4, 0.5) is 5.69 Å². The molecule has 0 aliphatic rings. The number of amides is 1. The van der Waals surface area contributed by atoms with E-state index in [1.54, 1.807) is 31.2 Å². The fourth-order valence-electron chi connectivity index (χ4n) is 3.42. The number of methoxy groups -OCH3 is 1. The molecule has 0 bridgehead atoms. The molecule has 2 aromatic rings. The van der Waals surface area contributed by atoms with Gasteiger partial charge in [-0.25, -0.2) is 8.42 Å². The van der Waals surface area contributed by atoms with Crippen LogP contribution in [0, 0.1) is 20.8 Å². The molecule has 0 fully saturated rings. The average Bonchev–Trinajstić information content (AvgIpc) is 2.63. The summed E-state index contributed by atoms with van der Waals surface area (Å²) in [5.41, 5.74) is 4.82. The molecule has 0 aliphatic carbocycles. The topological polar surface area (TPSA) is 75.7 Å². The smallest absolute Gasteiger partial charge is 0.244 e.